The van der Waals surface area contributed by atoms with Crippen molar-refractivity contribution in [1.82, 2.24) is 39.5 Å². The molecule has 4 aromatic heterocycles. The Bertz CT molecular complexity index is 2090. The summed E-state index contributed by atoms with van der Waals surface area (Å²) in [6.07, 6.45) is 11.7. The van der Waals surface area contributed by atoms with Crippen LogP contribution in [0.4, 0.5) is 16.6 Å². The average Bonchev–Trinajstić information content (AvgIpc) is 3.84. The SMILES string of the molecule is CCc1cc(NC(=O)N[C@H]2CC[C@@H](Oc3ccc4nnc(N5CCCC[C@@H]5C)n4c3)c3ccccc32)n(-c2cnn(CCOS(C)(=O)=O)c2)n1. The Labute approximate surface area is 290 Å². The Hall–Kier alpha value is -4.96. The van der Waals surface area contributed by atoms with Gasteiger partial charge in [-0.1, -0.05) is 31.2 Å². The lowest BCUT2D eigenvalue weighted by atomic mass is 9.85. The monoisotopic (exact) mass is 702 g/mol. The molecule has 0 radical (unpaired) electrons. The summed E-state index contributed by atoms with van der Waals surface area (Å²) < 4.78 is 39.3. The van der Waals surface area contributed by atoms with E-state index >= 15 is 0 Å². The second kappa shape index (κ2) is 14.1. The van der Waals surface area contributed by atoms with Crippen LogP contribution in [0.15, 0.2) is 61.1 Å². The molecule has 2 aliphatic rings. The number of hydrogen-bond acceptors (Lipinski definition) is 10. The zero-order valence-electron chi connectivity index (χ0n) is 28.4. The molecule has 50 heavy (non-hydrogen) atoms. The van der Waals surface area contributed by atoms with Gasteiger partial charge in [0.1, 0.15) is 23.4 Å². The zero-order valence-corrected chi connectivity index (χ0v) is 29.2. The number of piperidine rings is 1. The summed E-state index contributed by atoms with van der Waals surface area (Å²) in [6, 6.07) is 13.6. The lowest BCUT2D eigenvalue weighted by Crippen LogP contribution is -2.38. The number of urea groups is 1. The fourth-order valence-corrected chi connectivity index (χ4v) is 7.15. The van der Waals surface area contributed by atoms with E-state index in [1.807, 2.05) is 53.9 Å². The van der Waals surface area contributed by atoms with Crippen LogP contribution in [0.5, 0.6) is 5.75 Å². The van der Waals surface area contributed by atoms with Gasteiger partial charge in [0, 0.05) is 18.7 Å². The number of carbonyl (C=O) groups excluding carboxylic acids is 1. The number of ether oxygens (including phenoxy) is 1. The van der Waals surface area contributed by atoms with Gasteiger partial charge in [0.15, 0.2) is 5.65 Å². The Morgan fingerprint density at radius 1 is 1.04 bits per heavy atom. The van der Waals surface area contributed by atoms with Crippen LogP contribution in [-0.4, -0.2) is 74.1 Å². The Morgan fingerprint density at radius 3 is 2.68 bits per heavy atom. The minimum absolute atomic E-state index is 0.0438. The van der Waals surface area contributed by atoms with Gasteiger partial charge in [-0.2, -0.15) is 18.6 Å². The van der Waals surface area contributed by atoms with Crippen LogP contribution in [0, 0.1) is 0 Å². The molecule has 16 heteroatoms. The summed E-state index contributed by atoms with van der Waals surface area (Å²) in [5.41, 5.74) is 4.23. The quantitative estimate of drug-likeness (QED) is 0.183. The lowest BCUT2D eigenvalue weighted by Gasteiger charge is -2.33. The van der Waals surface area contributed by atoms with Crippen molar-refractivity contribution in [3.8, 4) is 11.4 Å². The zero-order chi connectivity index (χ0) is 34.8. The maximum absolute atomic E-state index is 13.5. The number of nitrogens with one attached hydrogen (secondary N) is 2. The molecule has 1 aliphatic heterocycles. The highest BCUT2D eigenvalue weighted by Crippen LogP contribution is 2.39. The number of aryl methyl sites for hydroxylation is 1. The Kier molecular flexibility index (Phi) is 9.46. The van der Waals surface area contributed by atoms with E-state index in [2.05, 4.69) is 48.9 Å². The third-order valence-electron chi connectivity index (χ3n) is 9.28. The Balaban J connectivity index is 1.04. The van der Waals surface area contributed by atoms with Gasteiger partial charge in [-0.05, 0) is 68.7 Å². The van der Waals surface area contributed by atoms with Crippen LogP contribution < -0.4 is 20.3 Å². The number of rotatable bonds is 11. The number of pyridine rings is 1. The highest BCUT2D eigenvalue weighted by molar-refractivity contribution is 7.85. The molecule has 15 nitrogen and oxygen atoms in total. The largest absolute Gasteiger partial charge is 0.484 e. The van der Waals surface area contributed by atoms with Gasteiger partial charge >= 0.3 is 6.03 Å². The van der Waals surface area contributed by atoms with Crippen molar-refractivity contribution in [2.45, 2.75) is 77.1 Å². The van der Waals surface area contributed by atoms with Crippen molar-refractivity contribution in [2.75, 3.05) is 29.6 Å². The number of carbonyl (C=O) groups is 1. The number of benzene rings is 1. The number of aromatic nitrogens is 7. The van der Waals surface area contributed by atoms with Gasteiger partial charge in [0.2, 0.25) is 5.95 Å². The average molecular weight is 703 g/mol. The minimum atomic E-state index is -3.55. The molecule has 264 valence electrons. The van der Waals surface area contributed by atoms with Crippen LogP contribution in [0.2, 0.25) is 0 Å². The highest BCUT2D eigenvalue weighted by atomic mass is 32.2. The van der Waals surface area contributed by atoms with Crippen molar-refractivity contribution < 1.29 is 22.1 Å². The predicted molar refractivity (Wildman–Crippen MR) is 187 cm³/mol. The number of hydrogen-bond donors (Lipinski definition) is 2. The van der Waals surface area contributed by atoms with Gasteiger partial charge in [0.25, 0.3) is 10.1 Å². The van der Waals surface area contributed by atoms with E-state index in [1.165, 1.54) is 6.42 Å². The number of nitrogens with zero attached hydrogens (tertiary/aromatic N) is 8. The van der Waals surface area contributed by atoms with Crippen LogP contribution >= 0.6 is 0 Å². The third kappa shape index (κ3) is 7.31. The van der Waals surface area contributed by atoms with E-state index in [1.54, 1.807) is 21.8 Å². The van der Waals surface area contributed by atoms with Gasteiger partial charge < -0.3 is 15.0 Å². The second-order valence-corrected chi connectivity index (χ2v) is 14.5. The predicted octanol–water partition coefficient (Wildman–Crippen LogP) is 4.81. The molecule has 3 atom stereocenters. The first kappa shape index (κ1) is 33.5. The topological polar surface area (TPSA) is 163 Å². The van der Waals surface area contributed by atoms with Crippen molar-refractivity contribution in [3.63, 3.8) is 0 Å². The van der Waals surface area contributed by atoms with E-state index in [-0.39, 0.29) is 31.3 Å². The second-order valence-electron chi connectivity index (χ2n) is 12.9. The summed E-state index contributed by atoms with van der Waals surface area (Å²) in [4.78, 5) is 15.8. The van der Waals surface area contributed by atoms with Crippen molar-refractivity contribution in [3.05, 3.63) is 77.9 Å². The van der Waals surface area contributed by atoms with Crippen LogP contribution in [0.25, 0.3) is 11.3 Å². The van der Waals surface area contributed by atoms with Gasteiger partial charge in [-0.25, -0.2) is 9.48 Å². The van der Waals surface area contributed by atoms with E-state index in [0.717, 1.165) is 59.8 Å². The fourth-order valence-electron chi connectivity index (χ4n) is 6.77. The molecule has 1 fully saturated rings. The van der Waals surface area contributed by atoms with Gasteiger partial charge in [-0.15, -0.1) is 10.2 Å². The first-order valence-electron chi connectivity index (χ1n) is 17.1. The summed E-state index contributed by atoms with van der Waals surface area (Å²) in [5, 5.41) is 24.0. The molecule has 0 bridgehead atoms. The molecule has 5 heterocycles. The minimum Gasteiger partial charge on any atom is -0.484 e. The maximum Gasteiger partial charge on any atom is 0.320 e. The highest BCUT2D eigenvalue weighted by Gasteiger charge is 2.30. The van der Waals surface area contributed by atoms with Crippen LogP contribution in [0.1, 0.15) is 74.9 Å². The molecule has 0 saturated carbocycles. The summed E-state index contributed by atoms with van der Waals surface area (Å²) in [7, 11) is -3.55. The molecule has 1 saturated heterocycles. The molecular weight excluding hydrogens is 661 g/mol. The number of amides is 2. The first-order valence-corrected chi connectivity index (χ1v) is 18.9. The molecule has 5 aromatic rings. The van der Waals surface area contributed by atoms with E-state index in [0.29, 0.717) is 36.8 Å². The van der Waals surface area contributed by atoms with Crippen molar-refractivity contribution in [1.29, 1.82) is 0 Å². The van der Waals surface area contributed by atoms with Gasteiger partial charge in [0.05, 0.1) is 49.7 Å². The number of fused-ring (bicyclic) bond motifs is 2. The van der Waals surface area contributed by atoms with Crippen molar-refractivity contribution in [2.24, 2.45) is 0 Å². The maximum atomic E-state index is 13.5. The van der Waals surface area contributed by atoms with E-state index < -0.39 is 10.1 Å². The molecule has 2 N–H and O–H groups in total. The first-order chi connectivity index (χ1) is 24.1. The van der Waals surface area contributed by atoms with Crippen molar-refractivity contribution >= 4 is 33.6 Å². The molecular formula is C34H42N10O5S. The summed E-state index contributed by atoms with van der Waals surface area (Å²) in [5.74, 6) is 2.06. The Morgan fingerprint density at radius 2 is 1.88 bits per heavy atom. The van der Waals surface area contributed by atoms with E-state index in [9.17, 15) is 13.2 Å². The fraction of sp³-hybridized carbons (Fsp3) is 0.441. The lowest BCUT2D eigenvalue weighted by molar-refractivity contribution is 0.171. The molecule has 0 spiro atoms. The van der Waals surface area contributed by atoms with Gasteiger partial charge in [-0.3, -0.25) is 18.6 Å². The number of anilines is 2. The normalized spacial score (nSPS) is 19.3. The molecule has 0 unspecified atom stereocenters. The smallest absolute Gasteiger partial charge is 0.320 e. The molecule has 2 amide bonds. The summed E-state index contributed by atoms with van der Waals surface area (Å²) >= 11 is 0. The van der Waals surface area contributed by atoms with E-state index in [4.69, 9.17) is 8.92 Å². The third-order valence-corrected chi connectivity index (χ3v) is 9.88. The standard InChI is InChI=1S/C34H42N10O5S/c1-4-24-19-32(44(40-24)25-20-35-41(21-25)17-18-48-50(3,46)47)37-33(45)36-29-13-14-30(28-11-6-5-10-27(28)29)49-26-12-15-31-38-39-34(43(31)22-26)42-16-8-7-9-23(42)2/h5-6,10-12,15,19-23,29-30H,4,7-9,13-14,16-18H2,1-3H3,(H2,36,37,45)/t23-,29-,30+/m0/s1. The van der Waals surface area contributed by atoms with Crippen LogP contribution in [-0.2, 0) is 27.3 Å². The molecule has 1 aromatic carbocycles. The summed E-state index contributed by atoms with van der Waals surface area (Å²) in [6.45, 7) is 5.37. The molecule has 1 aliphatic carbocycles. The van der Waals surface area contributed by atoms with Crippen LogP contribution in [0.3, 0.4) is 0 Å². The molecule has 7 rings (SSSR count).